The summed E-state index contributed by atoms with van der Waals surface area (Å²) in [6.07, 6.45) is 2.93. The van der Waals surface area contributed by atoms with E-state index in [0.29, 0.717) is 0 Å². The number of nitrogens with zero attached hydrogens (tertiary/aromatic N) is 1. The molecule has 0 saturated carbocycles. The summed E-state index contributed by atoms with van der Waals surface area (Å²) in [5.74, 6) is 0.0428. The first kappa shape index (κ1) is 11.8. The lowest BCUT2D eigenvalue weighted by Crippen LogP contribution is -2.12. The number of rotatable bonds is 6. The average molecular weight is 187 g/mol. The maximum atomic E-state index is 9.56. The smallest absolute Gasteiger partial charge is 0.0989 e. The number of allylic oxidation sites excluding steroid dienone is 1. The van der Waals surface area contributed by atoms with Crippen LogP contribution < -0.4 is 0 Å². The Morgan fingerprint density at radius 2 is 2.38 bits per heavy atom. The Morgan fingerprint density at radius 3 is 2.92 bits per heavy atom. The van der Waals surface area contributed by atoms with Crippen LogP contribution in [0.3, 0.4) is 0 Å². The molecule has 0 unspecified atom stereocenters. The van der Waals surface area contributed by atoms with Gasteiger partial charge < -0.3 is 14.9 Å². The van der Waals surface area contributed by atoms with Crippen molar-refractivity contribution in [2.75, 3.05) is 13.2 Å². The molecule has 5 nitrogen and oxygen atoms in total. The third-order valence-corrected chi connectivity index (χ3v) is 1.10. The van der Waals surface area contributed by atoms with E-state index in [9.17, 15) is 4.91 Å². The van der Waals surface area contributed by atoms with Crippen LogP contribution in [0.2, 0.25) is 0 Å². The maximum absolute atomic E-state index is 9.56. The van der Waals surface area contributed by atoms with Gasteiger partial charge in [-0.3, -0.25) is 0 Å². The lowest BCUT2D eigenvalue weighted by molar-refractivity contribution is 0.0730. The first-order valence-corrected chi connectivity index (χ1v) is 3.77. The highest BCUT2D eigenvalue weighted by Crippen LogP contribution is 1.93. The number of ether oxygens (including phenoxy) is 1. The quantitative estimate of drug-likeness (QED) is 0.371. The first-order valence-electron chi connectivity index (χ1n) is 3.77. The van der Waals surface area contributed by atoms with Crippen molar-refractivity contribution < 1.29 is 14.9 Å². The van der Waals surface area contributed by atoms with Crippen LogP contribution in [0.1, 0.15) is 6.92 Å². The highest BCUT2D eigenvalue weighted by atomic mass is 16.5. The topological polar surface area (TPSA) is 79.1 Å². The van der Waals surface area contributed by atoms with Gasteiger partial charge in [0.2, 0.25) is 0 Å². The zero-order valence-electron chi connectivity index (χ0n) is 7.38. The average Bonchev–Trinajstić information content (AvgIpc) is 2.02. The van der Waals surface area contributed by atoms with Gasteiger partial charge in [0.1, 0.15) is 0 Å². The fourth-order valence-electron chi connectivity index (χ4n) is 0.669. The predicted octanol–water partition coefficient (Wildman–Crippen LogP) is 1.11. The normalized spacial score (nSPS) is 14.8. The molecule has 74 valence electrons. The van der Waals surface area contributed by atoms with E-state index >= 15 is 0 Å². The van der Waals surface area contributed by atoms with Crippen molar-refractivity contribution >= 4 is 0 Å². The lowest BCUT2D eigenvalue weighted by atomic mass is 10.3. The van der Waals surface area contributed by atoms with E-state index in [2.05, 4.69) is 5.18 Å². The molecule has 5 heteroatoms. The van der Waals surface area contributed by atoms with E-state index in [1.807, 2.05) is 0 Å². The fraction of sp³-hybridized carbons (Fsp3) is 0.500. The Balaban J connectivity index is 3.48. The zero-order chi connectivity index (χ0) is 10.1. The third-order valence-electron chi connectivity index (χ3n) is 1.10. The summed E-state index contributed by atoms with van der Waals surface area (Å²) in [5, 5.41) is 20.3. The number of aliphatic hydroxyl groups is 2. The van der Waals surface area contributed by atoms with Crippen LogP contribution in [-0.2, 0) is 4.74 Å². The van der Waals surface area contributed by atoms with Gasteiger partial charge in [-0.2, -0.15) is 0 Å². The van der Waals surface area contributed by atoms with Gasteiger partial charge in [0.15, 0.2) is 0 Å². The summed E-state index contributed by atoms with van der Waals surface area (Å²) in [7, 11) is 0. The standard InChI is InChI=1S/C8H13NO4/c1-7(10)5-8(11)6-13-4-2-3-9-12/h2-3,5,8,10-11H,4,6H2,1H3/b3-2?,7-5+/t8-/m0/s1. The number of nitroso groups, excluding NO2 is 1. The Bertz CT molecular complexity index is 196. The van der Waals surface area contributed by atoms with Crippen LogP contribution in [0.15, 0.2) is 29.3 Å². The van der Waals surface area contributed by atoms with Gasteiger partial charge in [0, 0.05) is 0 Å². The van der Waals surface area contributed by atoms with E-state index in [1.165, 1.54) is 19.1 Å². The second kappa shape index (κ2) is 7.45. The largest absolute Gasteiger partial charge is 0.513 e. The predicted molar refractivity (Wildman–Crippen MR) is 48.1 cm³/mol. The van der Waals surface area contributed by atoms with E-state index in [4.69, 9.17) is 14.9 Å². The van der Waals surface area contributed by atoms with Crippen LogP contribution in [0, 0.1) is 4.91 Å². The molecule has 0 radical (unpaired) electrons. The summed E-state index contributed by atoms with van der Waals surface area (Å²) in [6.45, 7) is 1.74. The molecule has 0 saturated heterocycles. The Morgan fingerprint density at radius 1 is 1.69 bits per heavy atom. The van der Waals surface area contributed by atoms with Crippen molar-refractivity contribution in [1.82, 2.24) is 0 Å². The maximum Gasteiger partial charge on any atom is 0.0989 e. The fourth-order valence-corrected chi connectivity index (χ4v) is 0.669. The van der Waals surface area contributed by atoms with Gasteiger partial charge in [-0.1, -0.05) is 0 Å². The van der Waals surface area contributed by atoms with Crippen LogP contribution in [0.4, 0.5) is 0 Å². The van der Waals surface area contributed by atoms with Crippen LogP contribution in [-0.4, -0.2) is 29.5 Å². The summed E-state index contributed by atoms with van der Waals surface area (Å²) in [4.78, 5) is 9.56. The molecule has 0 heterocycles. The monoisotopic (exact) mass is 187 g/mol. The van der Waals surface area contributed by atoms with Gasteiger partial charge in [-0.15, -0.1) is 4.91 Å². The molecule has 0 fully saturated rings. The summed E-state index contributed by atoms with van der Waals surface area (Å²) >= 11 is 0. The Kier molecular flexibility index (Phi) is 6.76. The second-order valence-electron chi connectivity index (χ2n) is 2.40. The molecule has 1 atom stereocenters. The van der Waals surface area contributed by atoms with Gasteiger partial charge in [0.05, 0.1) is 31.3 Å². The van der Waals surface area contributed by atoms with Crippen molar-refractivity contribution in [3.05, 3.63) is 29.0 Å². The van der Waals surface area contributed by atoms with Crippen molar-refractivity contribution in [2.45, 2.75) is 13.0 Å². The number of hydrogen-bond donors (Lipinski definition) is 2. The first-order chi connectivity index (χ1) is 6.16. The van der Waals surface area contributed by atoms with E-state index in [0.717, 1.165) is 6.20 Å². The number of aliphatic hydroxyl groups excluding tert-OH is 2. The second-order valence-corrected chi connectivity index (χ2v) is 2.40. The van der Waals surface area contributed by atoms with Gasteiger partial charge in [0.25, 0.3) is 0 Å². The summed E-state index contributed by atoms with van der Waals surface area (Å²) in [6, 6.07) is 0. The summed E-state index contributed by atoms with van der Waals surface area (Å²) < 4.78 is 4.91. The highest BCUT2D eigenvalue weighted by Gasteiger charge is 1.98. The molecule has 0 aliphatic rings. The molecule has 13 heavy (non-hydrogen) atoms. The highest BCUT2D eigenvalue weighted by molar-refractivity contribution is 4.92. The zero-order valence-corrected chi connectivity index (χ0v) is 7.38. The van der Waals surface area contributed by atoms with E-state index in [1.54, 1.807) is 0 Å². The van der Waals surface area contributed by atoms with Crippen molar-refractivity contribution in [2.24, 2.45) is 5.18 Å². The molecule has 0 aromatic heterocycles. The molecular weight excluding hydrogens is 174 g/mol. The molecule has 0 aliphatic heterocycles. The minimum atomic E-state index is -0.831. The van der Waals surface area contributed by atoms with Crippen molar-refractivity contribution in [3.63, 3.8) is 0 Å². The molecule has 0 rings (SSSR count). The molecule has 0 amide bonds. The van der Waals surface area contributed by atoms with Crippen LogP contribution >= 0.6 is 0 Å². The summed E-state index contributed by atoms with van der Waals surface area (Å²) in [5.41, 5.74) is 0. The van der Waals surface area contributed by atoms with E-state index in [-0.39, 0.29) is 19.0 Å². The molecule has 0 aromatic rings. The van der Waals surface area contributed by atoms with Crippen molar-refractivity contribution in [1.29, 1.82) is 0 Å². The van der Waals surface area contributed by atoms with Gasteiger partial charge in [-0.05, 0) is 24.3 Å². The van der Waals surface area contributed by atoms with Gasteiger partial charge >= 0.3 is 0 Å². The van der Waals surface area contributed by atoms with Gasteiger partial charge in [-0.25, -0.2) is 0 Å². The molecule has 0 aliphatic carbocycles. The SMILES string of the molecule is C/C(O)=C\[C@H](O)COCC=CN=O. The number of hydrogen-bond acceptors (Lipinski definition) is 5. The third kappa shape index (κ3) is 8.71. The molecular formula is C8H13NO4. The lowest BCUT2D eigenvalue weighted by Gasteiger charge is -2.04. The Labute approximate surface area is 76.3 Å². The van der Waals surface area contributed by atoms with E-state index < -0.39 is 6.10 Å². The minimum Gasteiger partial charge on any atom is -0.513 e. The van der Waals surface area contributed by atoms with Crippen molar-refractivity contribution in [3.8, 4) is 0 Å². The van der Waals surface area contributed by atoms with Crippen LogP contribution in [0.25, 0.3) is 0 Å². The molecule has 0 bridgehead atoms. The molecule has 0 aromatic carbocycles. The Hall–Kier alpha value is -1.20. The molecule has 0 spiro atoms. The van der Waals surface area contributed by atoms with Crippen LogP contribution in [0.5, 0.6) is 0 Å². The minimum absolute atomic E-state index is 0.0428. The molecule has 2 N–H and O–H groups in total.